The second kappa shape index (κ2) is 24.1. The number of cyclic esters (lactones) is 1. The summed E-state index contributed by atoms with van der Waals surface area (Å²) in [5.41, 5.74) is -0.806. The van der Waals surface area contributed by atoms with Crippen molar-refractivity contribution in [3.8, 4) is 0 Å². The van der Waals surface area contributed by atoms with E-state index in [-0.39, 0.29) is 31.7 Å². The summed E-state index contributed by atoms with van der Waals surface area (Å²) in [6.45, 7) is 13.6. The van der Waals surface area contributed by atoms with Gasteiger partial charge in [0.15, 0.2) is 24.7 Å². The average molecular weight is 916 g/mol. The molecule has 4 rings (SSSR count). The highest BCUT2D eigenvalue weighted by molar-refractivity contribution is 5.91. The van der Waals surface area contributed by atoms with Gasteiger partial charge in [0.2, 0.25) is 0 Å². The van der Waals surface area contributed by atoms with E-state index in [0.717, 1.165) is 6.29 Å². The first-order valence-electron chi connectivity index (χ1n) is 22.7. The first kappa shape index (κ1) is 54.3. The molecule has 0 radical (unpaired) electrons. The fraction of sp³-hybridized carbons (Fsp3) is 0.848. The van der Waals surface area contributed by atoms with Gasteiger partial charge in [-0.25, -0.2) is 0 Å². The zero-order valence-corrected chi connectivity index (χ0v) is 39.7. The lowest BCUT2D eigenvalue weighted by Crippen LogP contribution is -2.65. The van der Waals surface area contributed by atoms with Crippen molar-refractivity contribution in [2.24, 2.45) is 23.7 Å². The van der Waals surface area contributed by atoms with Gasteiger partial charge in [0.25, 0.3) is 0 Å². The third kappa shape index (κ3) is 13.5. The number of esters is 1. The predicted molar refractivity (Wildman–Crippen MR) is 230 cm³/mol. The Morgan fingerprint density at radius 2 is 1.52 bits per heavy atom. The van der Waals surface area contributed by atoms with Crippen LogP contribution in [0.3, 0.4) is 0 Å². The number of ketones is 1. The molecule has 18 nitrogen and oxygen atoms in total. The lowest BCUT2D eigenvalue weighted by atomic mass is 9.79. The molecule has 0 bridgehead atoms. The van der Waals surface area contributed by atoms with Gasteiger partial charge in [-0.05, 0) is 73.5 Å². The Bertz CT molecular complexity index is 1560. The Labute approximate surface area is 378 Å². The number of methoxy groups -OCH3 is 2. The number of rotatable bonds is 13. The number of carbonyl (C=O) groups excluding carboxylic acids is 3. The van der Waals surface area contributed by atoms with Gasteiger partial charge in [0, 0.05) is 44.8 Å². The van der Waals surface area contributed by atoms with Crippen LogP contribution in [0, 0.1) is 23.7 Å². The highest BCUT2D eigenvalue weighted by Gasteiger charge is 2.52. The predicted octanol–water partition coefficient (Wildman–Crippen LogP) is 1.83. The number of allylic oxidation sites excluding steroid dienone is 3. The summed E-state index contributed by atoms with van der Waals surface area (Å²) in [5.74, 6) is -3.59. The molecule has 0 aromatic carbocycles. The third-order valence-corrected chi connectivity index (χ3v) is 13.4. The van der Waals surface area contributed by atoms with Gasteiger partial charge in [-0.15, -0.1) is 0 Å². The monoisotopic (exact) mass is 916 g/mol. The summed E-state index contributed by atoms with van der Waals surface area (Å²) in [6, 6.07) is -0.748. The van der Waals surface area contributed by atoms with Crippen LogP contribution in [0.15, 0.2) is 23.8 Å². The maximum atomic E-state index is 13.8. The van der Waals surface area contributed by atoms with Crippen LogP contribution in [-0.2, 0) is 57.0 Å². The van der Waals surface area contributed by atoms with Crippen molar-refractivity contribution in [1.82, 2.24) is 4.90 Å². The largest absolute Gasteiger partial charge is 0.462 e. The quantitative estimate of drug-likeness (QED) is 0.131. The zero-order chi connectivity index (χ0) is 47.8. The van der Waals surface area contributed by atoms with Crippen LogP contribution >= 0.6 is 0 Å². The van der Waals surface area contributed by atoms with E-state index in [9.17, 15) is 39.9 Å². The number of carbonyl (C=O) groups is 3. The van der Waals surface area contributed by atoms with Gasteiger partial charge >= 0.3 is 5.97 Å². The van der Waals surface area contributed by atoms with Gasteiger partial charge in [-0.3, -0.25) is 9.59 Å². The number of ether oxygens (including phenoxy) is 9. The topological polar surface area (TPSA) is 239 Å². The zero-order valence-electron chi connectivity index (χ0n) is 39.7. The molecule has 18 heteroatoms. The average Bonchev–Trinajstić information content (AvgIpc) is 3.23. The van der Waals surface area contributed by atoms with Gasteiger partial charge in [0.05, 0.1) is 55.2 Å². The molecule has 4 aliphatic heterocycles. The molecule has 0 aromatic rings. The molecular formula is C46H77NO17. The first-order chi connectivity index (χ1) is 30.1. The summed E-state index contributed by atoms with van der Waals surface area (Å²) in [5, 5.41) is 55.8. The molecule has 0 saturated carbocycles. The number of hydrogen-bond acceptors (Lipinski definition) is 18. The van der Waals surface area contributed by atoms with Gasteiger partial charge in [-0.2, -0.15) is 0 Å². The minimum absolute atomic E-state index is 0.00788. The lowest BCUT2D eigenvalue weighted by molar-refractivity contribution is -0.341. The van der Waals surface area contributed by atoms with Crippen LogP contribution in [0.5, 0.6) is 0 Å². The van der Waals surface area contributed by atoms with Gasteiger partial charge < -0.3 is 77.9 Å². The number of aliphatic hydroxyl groups is 5. The molecule has 0 aliphatic carbocycles. The molecule has 0 unspecified atom stereocenters. The summed E-state index contributed by atoms with van der Waals surface area (Å²) in [7, 11) is 6.43. The molecule has 5 N–H and O–H groups in total. The maximum absolute atomic E-state index is 13.8. The fourth-order valence-corrected chi connectivity index (χ4v) is 9.51. The molecule has 3 fully saturated rings. The molecule has 0 spiro atoms. The minimum atomic E-state index is -1.49. The van der Waals surface area contributed by atoms with E-state index in [1.54, 1.807) is 59.7 Å². The van der Waals surface area contributed by atoms with Crippen molar-refractivity contribution in [1.29, 1.82) is 0 Å². The molecule has 4 aliphatic rings. The van der Waals surface area contributed by atoms with Crippen molar-refractivity contribution >= 4 is 18.0 Å². The van der Waals surface area contributed by atoms with Crippen molar-refractivity contribution in [2.75, 3.05) is 34.9 Å². The van der Waals surface area contributed by atoms with E-state index in [1.165, 1.54) is 27.2 Å². The van der Waals surface area contributed by atoms with Crippen molar-refractivity contribution in [3.05, 3.63) is 23.8 Å². The molecule has 368 valence electrons. The van der Waals surface area contributed by atoms with E-state index in [4.69, 9.17) is 42.6 Å². The molecule has 0 amide bonds. The van der Waals surface area contributed by atoms with Crippen molar-refractivity contribution < 1.29 is 82.5 Å². The Morgan fingerprint density at radius 3 is 2.11 bits per heavy atom. The highest BCUT2D eigenvalue weighted by atomic mass is 16.7. The summed E-state index contributed by atoms with van der Waals surface area (Å²) in [4.78, 5) is 41.5. The van der Waals surface area contributed by atoms with Crippen molar-refractivity contribution in [3.63, 3.8) is 0 Å². The molecule has 64 heavy (non-hydrogen) atoms. The minimum Gasteiger partial charge on any atom is -0.462 e. The van der Waals surface area contributed by atoms with E-state index in [1.807, 2.05) is 19.9 Å². The van der Waals surface area contributed by atoms with Crippen LogP contribution in [-0.4, -0.2) is 187 Å². The number of aliphatic hydroxyl groups excluding tert-OH is 4. The smallest absolute Gasteiger partial charge is 0.308 e. The summed E-state index contributed by atoms with van der Waals surface area (Å²) >= 11 is 0. The van der Waals surface area contributed by atoms with E-state index < -0.39 is 140 Å². The van der Waals surface area contributed by atoms with Gasteiger partial charge in [-0.1, -0.05) is 38.5 Å². The second-order valence-corrected chi connectivity index (χ2v) is 18.7. The van der Waals surface area contributed by atoms with E-state index in [2.05, 4.69) is 0 Å². The maximum Gasteiger partial charge on any atom is 0.308 e. The normalized spacial score (nSPS) is 45.9. The molecule has 0 aromatic heterocycles. The summed E-state index contributed by atoms with van der Waals surface area (Å²) in [6.07, 6.45) is -8.49. The number of hydrogen-bond donors (Lipinski definition) is 5. The number of likely N-dealkylation sites (N-methyl/N-ethyl adjacent to an activating group) is 1. The molecule has 21 atom stereocenters. The second-order valence-electron chi connectivity index (χ2n) is 18.7. The standard InChI is InChI=1S/C46H77NO17/c1-13-33-30(22-58-45-42(57-12)41(56-11)37(52)26(5)60-45)18-23(2)14-15-31(49)24(3)19-29(16-17-48)39(25(4)32(50)20-34(51)62-33)64-44-38(53)36(47(9)10)40(27(6)61-44)63-35-21-46(8,55)43(54)28(7)59-35/h14-15,17-18,24-30,32-33,35-45,50,52-55H,13,16,19-22H2,1-12H3/b15-14+,23-18+/t24-,25+,26-,27-,28+,29+,30-,32-,33-,35+,36+,37+,38-,39-,40-,41-,42-,43+,44+,45-,46-/m1/s1. The molecule has 4 heterocycles. The van der Waals surface area contributed by atoms with Gasteiger partial charge in [0.1, 0.15) is 49.0 Å². The number of nitrogens with zero attached hydrogens (tertiary/aromatic N) is 1. The van der Waals surface area contributed by atoms with Crippen molar-refractivity contribution in [2.45, 2.75) is 191 Å². The fourth-order valence-electron chi connectivity index (χ4n) is 9.51. The third-order valence-electron chi connectivity index (χ3n) is 13.4. The van der Waals surface area contributed by atoms with Crippen LogP contribution in [0.1, 0.15) is 87.5 Å². The SMILES string of the molecule is CC[C@H]1OC(=O)C[C@@H](O)[C@H](C)[C@@H](O[C@@H]2O[C@H](C)[C@@H](O[C@H]3C[C@@](C)(O)[C@@H](O)[C@H](C)O3)[C@@H](N(C)C)[C@H]2O)[C@@H](CC=O)C[C@@H](C)C(=O)/C=C/C(C)=C/[C@@H]1CO[C@@H]1O[C@H](C)[C@H](O)[C@@H](OC)[C@H]1OC. The molecule has 3 saturated heterocycles. The van der Waals surface area contributed by atoms with Crippen LogP contribution in [0.2, 0.25) is 0 Å². The highest BCUT2D eigenvalue weighted by Crippen LogP contribution is 2.37. The van der Waals surface area contributed by atoms with E-state index >= 15 is 0 Å². The van der Waals surface area contributed by atoms with Crippen LogP contribution in [0.25, 0.3) is 0 Å². The van der Waals surface area contributed by atoms with Crippen LogP contribution in [0.4, 0.5) is 0 Å². The van der Waals surface area contributed by atoms with E-state index in [0.29, 0.717) is 12.0 Å². The number of aldehydes is 1. The Hall–Kier alpha value is -2.27. The van der Waals surface area contributed by atoms with Crippen LogP contribution < -0.4 is 0 Å². The Morgan fingerprint density at radius 1 is 0.859 bits per heavy atom. The first-order valence-corrected chi connectivity index (χ1v) is 22.7. The Kier molecular flexibility index (Phi) is 20.5. The summed E-state index contributed by atoms with van der Waals surface area (Å²) < 4.78 is 54.7. The molecular weight excluding hydrogens is 838 g/mol. The Balaban J connectivity index is 1.62. The lowest BCUT2D eigenvalue weighted by Gasteiger charge is -2.50.